The molecule has 0 atom stereocenters. The molecule has 3 aromatic rings. The molecule has 0 bridgehead atoms. The zero-order valence-electron chi connectivity index (χ0n) is 19.8. The molecule has 1 aliphatic heterocycles. The molecule has 1 aromatic heterocycles. The van der Waals surface area contributed by atoms with Crippen molar-refractivity contribution >= 4 is 67.3 Å². The van der Waals surface area contributed by atoms with Crippen LogP contribution < -0.4 is 4.74 Å². The predicted octanol–water partition coefficient (Wildman–Crippen LogP) is 5.78. The minimum Gasteiger partial charge on any atom is -0.506 e. The van der Waals surface area contributed by atoms with Crippen molar-refractivity contribution in [2.45, 2.75) is 13.5 Å². The van der Waals surface area contributed by atoms with E-state index in [-0.39, 0.29) is 30.5 Å². The van der Waals surface area contributed by atoms with Gasteiger partial charge in [-0.3, -0.25) is 4.79 Å². The summed E-state index contributed by atoms with van der Waals surface area (Å²) in [5, 5.41) is 12.2. The van der Waals surface area contributed by atoms with E-state index in [9.17, 15) is 14.7 Å². The predicted molar refractivity (Wildman–Crippen MR) is 144 cm³/mol. The number of carbonyl (C=O) groups is 2. The third-order valence-electron chi connectivity index (χ3n) is 5.36. The Kier molecular flexibility index (Phi) is 7.85. The van der Waals surface area contributed by atoms with Crippen LogP contribution in [0.4, 0.5) is 5.69 Å². The number of methoxy groups -OCH3 is 2. The van der Waals surface area contributed by atoms with Gasteiger partial charge >= 0.3 is 11.9 Å². The lowest BCUT2D eigenvalue weighted by molar-refractivity contribution is -0.141. The van der Waals surface area contributed by atoms with Crippen molar-refractivity contribution in [3.63, 3.8) is 0 Å². The van der Waals surface area contributed by atoms with E-state index in [4.69, 9.17) is 14.2 Å². The highest BCUT2D eigenvalue weighted by molar-refractivity contribution is 9.10. The molecular weight excluding hydrogens is 548 g/mol. The third-order valence-corrected chi connectivity index (χ3v) is 6.87. The fourth-order valence-corrected chi connectivity index (χ4v) is 5.04. The fraction of sp³-hybridized carbons (Fsp3) is 0.192. The van der Waals surface area contributed by atoms with Gasteiger partial charge in [0.05, 0.1) is 31.4 Å². The molecule has 0 amide bonds. The first kappa shape index (κ1) is 25.6. The summed E-state index contributed by atoms with van der Waals surface area (Å²) >= 11 is 4.66. The normalized spacial score (nSPS) is 15.7. The largest absolute Gasteiger partial charge is 0.506 e. The molecule has 8 nitrogen and oxygen atoms in total. The zero-order chi connectivity index (χ0) is 25.8. The summed E-state index contributed by atoms with van der Waals surface area (Å²) < 4.78 is 17.8. The molecule has 186 valence electrons. The van der Waals surface area contributed by atoms with E-state index in [1.165, 1.54) is 7.11 Å². The molecule has 0 aliphatic carbocycles. The Balaban J connectivity index is 1.80. The Labute approximate surface area is 220 Å². The van der Waals surface area contributed by atoms with Crippen molar-refractivity contribution in [2.24, 2.45) is 4.99 Å². The van der Waals surface area contributed by atoms with E-state index < -0.39 is 5.97 Å². The number of fused-ring (bicyclic) bond motifs is 1. The number of hydrogen-bond donors (Lipinski definition) is 1. The molecular formula is C26H23BrN2O6S. The van der Waals surface area contributed by atoms with E-state index in [0.29, 0.717) is 21.4 Å². The SMILES string of the molecule is CCOC(=O)C1=C(O)/C(=C/c2cn(CC(=O)OC)c3ccc(Br)cc23)SC1=Nc1ccc(OC)cc1. The summed E-state index contributed by atoms with van der Waals surface area (Å²) in [7, 11) is 2.91. The number of aromatic nitrogens is 1. The number of esters is 2. The Bertz CT molecular complexity index is 1420. The number of nitrogens with zero attached hydrogens (tertiary/aromatic N) is 2. The second kappa shape index (κ2) is 11.0. The van der Waals surface area contributed by atoms with Crippen LogP contribution in [0.2, 0.25) is 0 Å². The van der Waals surface area contributed by atoms with Gasteiger partial charge in [-0.25, -0.2) is 9.79 Å². The van der Waals surface area contributed by atoms with Crippen LogP contribution in [-0.4, -0.2) is 47.5 Å². The lowest BCUT2D eigenvalue weighted by atomic mass is 10.1. The molecule has 0 spiro atoms. The number of ether oxygens (including phenoxy) is 3. The Morgan fingerprint density at radius 1 is 1.17 bits per heavy atom. The summed E-state index contributed by atoms with van der Waals surface area (Å²) in [5.74, 6) is -0.578. The molecule has 10 heteroatoms. The van der Waals surface area contributed by atoms with Gasteiger partial charge in [-0.05, 0) is 55.5 Å². The van der Waals surface area contributed by atoms with Gasteiger partial charge in [-0.2, -0.15) is 0 Å². The van der Waals surface area contributed by atoms with Gasteiger partial charge in [-0.1, -0.05) is 27.7 Å². The van der Waals surface area contributed by atoms with Gasteiger partial charge in [0.25, 0.3) is 0 Å². The minimum absolute atomic E-state index is 0.00315. The highest BCUT2D eigenvalue weighted by Crippen LogP contribution is 2.41. The number of rotatable bonds is 7. The summed E-state index contributed by atoms with van der Waals surface area (Å²) in [6, 6.07) is 12.7. The molecule has 0 saturated heterocycles. The maximum atomic E-state index is 12.7. The molecule has 0 fully saturated rings. The Morgan fingerprint density at radius 3 is 2.58 bits per heavy atom. The second-order valence-electron chi connectivity index (χ2n) is 7.62. The van der Waals surface area contributed by atoms with Crippen molar-refractivity contribution in [3.8, 4) is 5.75 Å². The number of hydrogen-bond acceptors (Lipinski definition) is 8. The van der Waals surface area contributed by atoms with Crippen molar-refractivity contribution in [2.75, 3.05) is 20.8 Å². The van der Waals surface area contributed by atoms with Crippen LogP contribution in [0.5, 0.6) is 5.75 Å². The van der Waals surface area contributed by atoms with Gasteiger partial charge < -0.3 is 23.9 Å². The zero-order valence-corrected chi connectivity index (χ0v) is 22.2. The van der Waals surface area contributed by atoms with Crippen LogP contribution in [0, 0.1) is 0 Å². The van der Waals surface area contributed by atoms with Crippen molar-refractivity contribution in [1.29, 1.82) is 0 Å². The fourth-order valence-electron chi connectivity index (χ4n) is 3.65. The monoisotopic (exact) mass is 570 g/mol. The molecule has 0 unspecified atom stereocenters. The average molecular weight is 571 g/mol. The van der Waals surface area contributed by atoms with Crippen LogP contribution in [0.3, 0.4) is 0 Å². The lowest BCUT2D eigenvalue weighted by Gasteiger charge is -2.04. The Hall–Kier alpha value is -3.50. The van der Waals surface area contributed by atoms with Crippen LogP contribution in [0.1, 0.15) is 12.5 Å². The first-order valence-electron chi connectivity index (χ1n) is 10.9. The molecule has 36 heavy (non-hydrogen) atoms. The van der Waals surface area contributed by atoms with Crippen LogP contribution in [-0.2, 0) is 25.6 Å². The van der Waals surface area contributed by atoms with Gasteiger partial charge in [-0.15, -0.1) is 0 Å². The van der Waals surface area contributed by atoms with Crippen LogP contribution in [0.15, 0.2) is 74.4 Å². The first-order chi connectivity index (χ1) is 17.3. The molecule has 2 heterocycles. The number of halogens is 1. The van der Waals surface area contributed by atoms with Crippen LogP contribution in [0.25, 0.3) is 17.0 Å². The standard InChI is InChI=1S/C26H23BrN2O6S/c1-4-35-26(32)23-24(31)21(36-25(23)28-17-6-8-18(33-2)9-7-17)11-15-13-29(14-22(30)34-3)20-10-5-16(27)12-19(15)20/h5-13,31H,4,14H2,1-3H3/b21-11-,28-25?. The number of carbonyl (C=O) groups excluding carboxylic acids is 2. The van der Waals surface area contributed by atoms with E-state index >= 15 is 0 Å². The Morgan fingerprint density at radius 2 is 1.92 bits per heavy atom. The first-order valence-corrected chi connectivity index (χ1v) is 12.5. The van der Waals surface area contributed by atoms with Crippen molar-refractivity contribution < 1.29 is 28.9 Å². The van der Waals surface area contributed by atoms with Gasteiger partial charge in [0.2, 0.25) is 0 Å². The summed E-state index contributed by atoms with van der Waals surface area (Å²) in [6.07, 6.45) is 3.57. The van der Waals surface area contributed by atoms with Crippen molar-refractivity contribution in [1.82, 2.24) is 4.57 Å². The minimum atomic E-state index is -0.658. The smallest absolute Gasteiger partial charge is 0.344 e. The second-order valence-corrected chi connectivity index (χ2v) is 9.57. The van der Waals surface area contributed by atoms with Gasteiger partial charge in [0.1, 0.15) is 28.7 Å². The summed E-state index contributed by atoms with van der Waals surface area (Å²) in [4.78, 5) is 29.7. The summed E-state index contributed by atoms with van der Waals surface area (Å²) in [6.45, 7) is 1.89. The number of aliphatic hydroxyl groups excluding tert-OH is 1. The highest BCUT2D eigenvalue weighted by atomic mass is 79.9. The molecule has 1 N–H and O–H groups in total. The third kappa shape index (κ3) is 5.34. The molecule has 0 radical (unpaired) electrons. The topological polar surface area (TPSA) is 99.4 Å². The molecule has 4 rings (SSSR count). The van der Waals surface area contributed by atoms with E-state index in [0.717, 1.165) is 32.7 Å². The average Bonchev–Trinajstić information content (AvgIpc) is 3.35. The van der Waals surface area contributed by atoms with E-state index in [1.54, 1.807) is 55.1 Å². The number of thioether (sulfide) groups is 1. The van der Waals surface area contributed by atoms with Crippen molar-refractivity contribution in [3.05, 3.63) is 74.9 Å². The van der Waals surface area contributed by atoms with Crippen LogP contribution >= 0.6 is 27.7 Å². The maximum absolute atomic E-state index is 12.7. The molecule has 2 aromatic carbocycles. The number of aliphatic hydroxyl groups is 1. The maximum Gasteiger partial charge on any atom is 0.344 e. The van der Waals surface area contributed by atoms with E-state index in [2.05, 4.69) is 20.9 Å². The van der Waals surface area contributed by atoms with Gasteiger partial charge in [0.15, 0.2) is 0 Å². The summed E-state index contributed by atoms with van der Waals surface area (Å²) in [5.41, 5.74) is 2.16. The quantitative estimate of drug-likeness (QED) is 0.359. The van der Waals surface area contributed by atoms with Gasteiger partial charge in [0, 0.05) is 27.1 Å². The molecule has 0 saturated carbocycles. The molecule has 1 aliphatic rings. The highest BCUT2D eigenvalue weighted by Gasteiger charge is 2.33. The number of aliphatic imine (C=N–C) groups is 1. The number of benzene rings is 2. The van der Waals surface area contributed by atoms with E-state index in [1.807, 2.05) is 18.2 Å². The lowest BCUT2D eigenvalue weighted by Crippen LogP contribution is -2.12.